The van der Waals surface area contributed by atoms with E-state index in [1.807, 2.05) is 6.92 Å². The molecule has 30 heavy (non-hydrogen) atoms. The Labute approximate surface area is 173 Å². The van der Waals surface area contributed by atoms with Gasteiger partial charge in [-0.15, -0.1) is 0 Å². The quantitative estimate of drug-likeness (QED) is 0.704. The van der Waals surface area contributed by atoms with Crippen molar-refractivity contribution in [3.05, 3.63) is 64.9 Å². The lowest BCUT2D eigenvalue weighted by atomic mass is 9.94. The van der Waals surface area contributed by atoms with Crippen molar-refractivity contribution in [1.29, 1.82) is 0 Å². The van der Waals surface area contributed by atoms with Gasteiger partial charge in [-0.2, -0.15) is 0 Å². The Morgan fingerprint density at radius 2 is 2.07 bits per heavy atom. The third-order valence-corrected chi connectivity index (χ3v) is 5.25. The first-order valence-electron chi connectivity index (χ1n) is 9.72. The van der Waals surface area contributed by atoms with Crippen molar-refractivity contribution >= 4 is 5.91 Å². The second-order valence-corrected chi connectivity index (χ2v) is 7.35. The average Bonchev–Trinajstić information content (AvgIpc) is 2.93. The van der Waals surface area contributed by atoms with E-state index >= 15 is 0 Å². The molecule has 9 heteroatoms. The lowest BCUT2D eigenvalue weighted by molar-refractivity contribution is 0.0885. The van der Waals surface area contributed by atoms with Crippen molar-refractivity contribution in [2.45, 2.75) is 38.3 Å². The normalized spacial score (nSPS) is 18.2. The van der Waals surface area contributed by atoms with Crippen LogP contribution < -0.4 is 15.6 Å². The zero-order chi connectivity index (χ0) is 21.1. The lowest BCUT2D eigenvalue weighted by Gasteiger charge is -2.30. The summed E-state index contributed by atoms with van der Waals surface area (Å²) < 4.78 is 6.90. The number of nitrogens with zero attached hydrogens (tertiary/aromatic N) is 5. The van der Waals surface area contributed by atoms with E-state index in [0.29, 0.717) is 35.9 Å². The van der Waals surface area contributed by atoms with Crippen molar-refractivity contribution in [1.82, 2.24) is 29.8 Å². The van der Waals surface area contributed by atoms with Gasteiger partial charge in [0.25, 0.3) is 11.5 Å². The number of fused-ring (bicyclic) bond motifs is 1. The number of amides is 1. The molecule has 3 aromatic rings. The fourth-order valence-electron chi connectivity index (χ4n) is 3.73. The van der Waals surface area contributed by atoms with Gasteiger partial charge in [0.1, 0.15) is 17.9 Å². The minimum atomic E-state index is -0.863. The Balaban J connectivity index is 1.79. The summed E-state index contributed by atoms with van der Waals surface area (Å²) in [6.07, 6.45) is 6.84. The van der Waals surface area contributed by atoms with Gasteiger partial charge in [-0.05, 0) is 44.4 Å². The molecule has 4 heterocycles. The molecule has 1 atom stereocenters. The van der Waals surface area contributed by atoms with Crippen LogP contribution in [0.3, 0.4) is 0 Å². The van der Waals surface area contributed by atoms with Crippen LogP contribution in [0.5, 0.6) is 5.75 Å². The van der Waals surface area contributed by atoms with Gasteiger partial charge in [0, 0.05) is 25.0 Å². The van der Waals surface area contributed by atoms with Crippen molar-refractivity contribution < 1.29 is 9.53 Å². The first-order chi connectivity index (χ1) is 14.5. The first kappa shape index (κ1) is 19.7. The van der Waals surface area contributed by atoms with Gasteiger partial charge in [0.05, 0.1) is 24.0 Å². The van der Waals surface area contributed by atoms with Crippen LogP contribution >= 0.6 is 0 Å². The maximum absolute atomic E-state index is 13.1. The average molecular weight is 406 g/mol. The maximum Gasteiger partial charge on any atom is 0.274 e. The van der Waals surface area contributed by atoms with Crippen LogP contribution in [-0.2, 0) is 12.1 Å². The number of carbonyl (C=O) groups excluding carboxylic acids is 1. The molecule has 0 saturated heterocycles. The van der Waals surface area contributed by atoms with Crippen molar-refractivity contribution in [2.75, 3.05) is 7.11 Å². The van der Waals surface area contributed by atoms with Gasteiger partial charge in [-0.3, -0.25) is 14.2 Å². The Kier molecular flexibility index (Phi) is 5.26. The van der Waals surface area contributed by atoms with E-state index < -0.39 is 5.54 Å². The predicted octanol–water partition coefficient (Wildman–Crippen LogP) is 1.93. The minimum Gasteiger partial charge on any atom is -0.494 e. The molecule has 0 aromatic carbocycles. The fourth-order valence-corrected chi connectivity index (χ4v) is 3.73. The Hall–Kier alpha value is -3.62. The molecular formula is C21H22N6O3. The Bertz CT molecular complexity index is 1130. The van der Waals surface area contributed by atoms with Crippen molar-refractivity contribution in [3.63, 3.8) is 0 Å². The molecule has 1 unspecified atom stereocenters. The summed E-state index contributed by atoms with van der Waals surface area (Å²) in [7, 11) is 1.49. The van der Waals surface area contributed by atoms with E-state index in [9.17, 15) is 9.59 Å². The van der Waals surface area contributed by atoms with Gasteiger partial charge in [0.2, 0.25) is 0 Å². The number of aromatic nitrogens is 5. The molecule has 1 N–H and O–H groups in total. The summed E-state index contributed by atoms with van der Waals surface area (Å²) in [6.45, 7) is 2.43. The van der Waals surface area contributed by atoms with Crippen LogP contribution in [0.15, 0.2) is 47.8 Å². The summed E-state index contributed by atoms with van der Waals surface area (Å²) in [4.78, 5) is 43.0. The first-order valence-corrected chi connectivity index (χ1v) is 9.72. The second-order valence-electron chi connectivity index (χ2n) is 7.35. The van der Waals surface area contributed by atoms with Crippen molar-refractivity contribution in [3.8, 4) is 17.1 Å². The third kappa shape index (κ3) is 3.66. The molecule has 1 amide bonds. The summed E-state index contributed by atoms with van der Waals surface area (Å²) >= 11 is 0. The van der Waals surface area contributed by atoms with Crippen molar-refractivity contribution in [2.24, 2.45) is 0 Å². The molecule has 4 rings (SSSR count). The van der Waals surface area contributed by atoms with Gasteiger partial charge < -0.3 is 10.1 Å². The highest BCUT2D eigenvalue weighted by Gasteiger charge is 2.36. The van der Waals surface area contributed by atoms with Gasteiger partial charge in [0.15, 0.2) is 5.69 Å². The number of hydrogen-bond donors (Lipinski definition) is 1. The maximum atomic E-state index is 13.1. The van der Waals surface area contributed by atoms with Gasteiger partial charge >= 0.3 is 0 Å². The SMILES string of the molecule is COc1cccnc1C(=O)NC1(C)CCCCn2c1nc(-c1ccncn1)cc2=O. The number of methoxy groups -OCH3 is 1. The van der Waals surface area contributed by atoms with Gasteiger partial charge in [-0.1, -0.05) is 0 Å². The van der Waals surface area contributed by atoms with Gasteiger partial charge in [-0.25, -0.2) is 19.9 Å². The third-order valence-electron chi connectivity index (χ3n) is 5.25. The van der Waals surface area contributed by atoms with Crippen LogP contribution in [0, 0.1) is 0 Å². The summed E-state index contributed by atoms with van der Waals surface area (Å²) in [5.74, 6) is 0.502. The Morgan fingerprint density at radius 3 is 2.83 bits per heavy atom. The van der Waals surface area contributed by atoms with Crippen LogP contribution in [0.4, 0.5) is 0 Å². The number of carbonyl (C=O) groups is 1. The zero-order valence-corrected chi connectivity index (χ0v) is 16.8. The number of nitrogens with one attached hydrogen (secondary N) is 1. The van der Waals surface area contributed by atoms with Crippen LogP contribution in [0.2, 0.25) is 0 Å². The van der Waals surface area contributed by atoms with Crippen LogP contribution in [0.1, 0.15) is 42.5 Å². The topological polar surface area (TPSA) is 112 Å². The predicted molar refractivity (Wildman–Crippen MR) is 109 cm³/mol. The molecule has 9 nitrogen and oxygen atoms in total. The number of ether oxygens (including phenoxy) is 1. The van der Waals surface area contributed by atoms with E-state index in [4.69, 9.17) is 9.72 Å². The Morgan fingerprint density at radius 1 is 1.20 bits per heavy atom. The molecule has 0 saturated carbocycles. The standard InChI is InChI=1S/C21H22N6O3/c1-21(26-19(29)18-16(30-2)6-5-9-23-18)8-3-4-11-27-17(28)12-15(25-20(21)27)14-7-10-22-13-24-14/h5-7,9-10,12-13H,3-4,8,11H2,1-2H3,(H,26,29). The second kappa shape index (κ2) is 8.02. The lowest BCUT2D eigenvalue weighted by Crippen LogP contribution is -2.47. The van der Waals surface area contributed by atoms with Crippen LogP contribution in [-0.4, -0.2) is 37.5 Å². The molecule has 0 aliphatic carbocycles. The molecule has 1 aliphatic rings. The fraction of sp³-hybridized carbons (Fsp3) is 0.333. The van der Waals surface area contributed by atoms with E-state index in [2.05, 4.69) is 20.3 Å². The highest BCUT2D eigenvalue weighted by molar-refractivity contribution is 5.95. The molecule has 0 spiro atoms. The molecule has 0 bridgehead atoms. The molecule has 0 radical (unpaired) electrons. The molecule has 154 valence electrons. The zero-order valence-electron chi connectivity index (χ0n) is 16.8. The molecule has 3 aromatic heterocycles. The minimum absolute atomic E-state index is 0.175. The monoisotopic (exact) mass is 406 g/mol. The number of pyridine rings is 1. The summed E-state index contributed by atoms with van der Waals surface area (Å²) in [5, 5.41) is 3.05. The molecule has 0 fully saturated rings. The highest BCUT2D eigenvalue weighted by atomic mass is 16.5. The van der Waals surface area contributed by atoms with E-state index in [1.165, 1.54) is 25.7 Å². The number of hydrogen-bond acceptors (Lipinski definition) is 7. The highest BCUT2D eigenvalue weighted by Crippen LogP contribution is 2.30. The summed E-state index contributed by atoms with van der Waals surface area (Å²) in [5.41, 5.74) is 0.150. The summed E-state index contributed by atoms with van der Waals surface area (Å²) in [6, 6.07) is 6.56. The molecule has 1 aliphatic heterocycles. The van der Waals surface area contributed by atoms with E-state index in [1.54, 1.807) is 29.0 Å². The number of rotatable bonds is 4. The van der Waals surface area contributed by atoms with E-state index in [0.717, 1.165) is 12.8 Å². The smallest absolute Gasteiger partial charge is 0.274 e. The molecular weight excluding hydrogens is 384 g/mol. The largest absolute Gasteiger partial charge is 0.494 e. The van der Waals surface area contributed by atoms with E-state index in [-0.39, 0.29) is 17.2 Å². The van der Waals surface area contributed by atoms with Crippen LogP contribution in [0.25, 0.3) is 11.4 Å².